The monoisotopic (exact) mass is 329 g/mol. The molecule has 0 radical (unpaired) electrons. The van der Waals surface area contributed by atoms with Crippen molar-refractivity contribution in [1.29, 1.82) is 0 Å². The molecule has 1 saturated heterocycles. The van der Waals surface area contributed by atoms with Gasteiger partial charge in [0.1, 0.15) is 5.60 Å². The molecule has 1 atom stereocenters. The van der Waals surface area contributed by atoms with Crippen molar-refractivity contribution in [3.63, 3.8) is 0 Å². The highest BCUT2D eigenvalue weighted by Gasteiger charge is 2.22. The predicted octanol–water partition coefficient (Wildman–Crippen LogP) is 1.80. The van der Waals surface area contributed by atoms with Crippen LogP contribution >= 0.6 is 0 Å². The van der Waals surface area contributed by atoms with Gasteiger partial charge in [0.25, 0.3) is 0 Å². The summed E-state index contributed by atoms with van der Waals surface area (Å²) in [5.74, 6) is 0.711. The number of nitrogens with one attached hydrogen (secondary N) is 1. The van der Waals surface area contributed by atoms with Crippen LogP contribution in [0.15, 0.2) is 0 Å². The third-order valence-corrected chi connectivity index (χ3v) is 3.93. The summed E-state index contributed by atoms with van der Waals surface area (Å²) in [6, 6.07) is 0. The van der Waals surface area contributed by atoms with E-state index in [0.29, 0.717) is 25.6 Å². The lowest BCUT2D eigenvalue weighted by Gasteiger charge is -2.30. The fourth-order valence-electron chi connectivity index (χ4n) is 2.78. The number of ether oxygens (including phenoxy) is 2. The molecule has 1 aliphatic rings. The normalized spacial score (nSPS) is 19.6. The number of piperidine rings is 1. The topological polar surface area (TPSA) is 54.0 Å². The van der Waals surface area contributed by atoms with E-state index in [-0.39, 0.29) is 6.09 Å². The number of hydrogen-bond acceptors (Lipinski definition) is 5. The molecule has 0 spiro atoms. The third kappa shape index (κ3) is 9.13. The molecule has 1 N–H and O–H groups in total. The quantitative estimate of drug-likeness (QED) is 0.688. The first kappa shape index (κ1) is 20.2. The minimum atomic E-state index is -0.470. The molecule has 6 nitrogen and oxygen atoms in total. The van der Waals surface area contributed by atoms with E-state index in [4.69, 9.17) is 9.47 Å². The fourth-order valence-corrected chi connectivity index (χ4v) is 2.78. The Morgan fingerprint density at radius 3 is 2.70 bits per heavy atom. The van der Waals surface area contributed by atoms with Gasteiger partial charge in [-0.05, 0) is 59.7 Å². The summed E-state index contributed by atoms with van der Waals surface area (Å²) in [6.07, 6.45) is 2.30. The first-order valence-electron chi connectivity index (χ1n) is 8.68. The van der Waals surface area contributed by atoms with Crippen molar-refractivity contribution < 1.29 is 14.3 Å². The highest BCUT2D eigenvalue weighted by molar-refractivity contribution is 5.68. The Morgan fingerprint density at radius 1 is 1.35 bits per heavy atom. The zero-order chi connectivity index (χ0) is 17.3. The Hall–Kier alpha value is -0.850. The summed E-state index contributed by atoms with van der Waals surface area (Å²) in [6.45, 7) is 11.5. The van der Waals surface area contributed by atoms with Crippen molar-refractivity contribution in [2.24, 2.45) is 5.92 Å². The van der Waals surface area contributed by atoms with Crippen LogP contribution in [0.5, 0.6) is 0 Å². The summed E-state index contributed by atoms with van der Waals surface area (Å²) in [5.41, 5.74) is -0.470. The van der Waals surface area contributed by atoms with Crippen LogP contribution in [0.25, 0.3) is 0 Å². The average Bonchev–Trinajstić information content (AvgIpc) is 2.44. The molecule has 136 valence electrons. The van der Waals surface area contributed by atoms with Crippen molar-refractivity contribution in [2.45, 2.75) is 39.2 Å². The fraction of sp³-hybridized carbons (Fsp3) is 0.941. The summed E-state index contributed by atoms with van der Waals surface area (Å²) in [7, 11) is 3.83. The highest BCUT2D eigenvalue weighted by atomic mass is 16.6. The zero-order valence-corrected chi connectivity index (χ0v) is 15.6. The van der Waals surface area contributed by atoms with Crippen LogP contribution in [-0.2, 0) is 9.47 Å². The zero-order valence-electron chi connectivity index (χ0n) is 15.6. The Balaban J connectivity index is 2.31. The highest BCUT2D eigenvalue weighted by Crippen LogP contribution is 2.14. The van der Waals surface area contributed by atoms with Crippen LogP contribution in [0.1, 0.15) is 33.6 Å². The first-order chi connectivity index (χ1) is 10.8. The summed E-state index contributed by atoms with van der Waals surface area (Å²) < 4.78 is 10.5. The van der Waals surface area contributed by atoms with Gasteiger partial charge in [-0.3, -0.25) is 0 Å². The van der Waals surface area contributed by atoms with Crippen LogP contribution < -0.4 is 5.32 Å². The van der Waals surface area contributed by atoms with Gasteiger partial charge in [0.05, 0.1) is 6.61 Å². The molecule has 6 heteroatoms. The second-order valence-corrected chi connectivity index (χ2v) is 7.43. The molecule has 1 aliphatic heterocycles. The van der Waals surface area contributed by atoms with Gasteiger partial charge < -0.3 is 24.6 Å². The Kier molecular flexibility index (Phi) is 8.87. The van der Waals surface area contributed by atoms with Crippen LogP contribution in [0.2, 0.25) is 0 Å². The third-order valence-electron chi connectivity index (χ3n) is 3.93. The number of hydrogen-bond donors (Lipinski definition) is 1. The first-order valence-corrected chi connectivity index (χ1v) is 8.68. The summed E-state index contributed by atoms with van der Waals surface area (Å²) in [5, 5.41) is 3.48. The van der Waals surface area contributed by atoms with Gasteiger partial charge in [-0.25, -0.2) is 4.79 Å². The molecule has 0 saturated carbocycles. The largest absolute Gasteiger partial charge is 0.444 e. The lowest BCUT2D eigenvalue weighted by atomic mass is 9.98. The standard InChI is InChI=1S/C17H35N3O3/c1-17(2,3)23-16(21)20(11-12-22-5)10-8-18-13-15-7-6-9-19(4)14-15/h15,18H,6-14H2,1-5H3. The molecule has 0 aromatic heterocycles. The molecule has 0 aromatic rings. The molecular weight excluding hydrogens is 294 g/mol. The number of nitrogens with zero attached hydrogens (tertiary/aromatic N) is 2. The molecule has 1 amide bonds. The Morgan fingerprint density at radius 2 is 2.09 bits per heavy atom. The van der Waals surface area contributed by atoms with Crippen molar-refractivity contribution in [1.82, 2.24) is 15.1 Å². The molecule has 0 aromatic carbocycles. The Bertz CT molecular complexity index is 344. The molecular formula is C17H35N3O3. The van der Waals surface area contributed by atoms with Gasteiger partial charge in [0.2, 0.25) is 0 Å². The maximum atomic E-state index is 12.2. The van der Waals surface area contributed by atoms with Crippen molar-refractivity contribution >= 4 is 6.09 Å². The van der Waals surface area contributed by atoms with Crippen molar-refractivity contribution in [3.05, 3.63) is 0 Å². The smallest absolute Gasteiger partial charge is 0.410 e. The van der Waals surface area contributed by atoms with Crippen molar-refractivity contribution in [2.75, 3.05) is 60.0 Å². The van der Waals surface area contributed by atoms with E-state index in [9.17, 15) is 4.79 Å². The number of amides is 1. The Labute approximate surface area is 141 Å². The van der Waals surface area contributed by atoms with E-state index in [1.54, 1.807) is 12.0 Å². The number of carbonyl (C=O) groups excluding carboxylic acids is 1. The van der Waals surface area contributed by atoms with Crippen LogP contribution in [0, 0.1) is 5.92 Å². The molecule has 0 bridgehead atoms. The van der Waals surface area contributed by atoms with Gasteiger partial charge >= 0.3 is 6.09 Å². The van der Waals surface area contributed by atoms with Gasteiger partial charge in [0, 0.05) is 33.3 Å². The molecule has 1 heterocycles. The number of methoxy groups -OCH3 is 1. The maximum absolute atomic E-state index is 12.2. The van der Waals surface area contributed by atoms with Crippen LogP contribution in [-0.4, -0.2) is 81.5 Å². The lowest BCUT2D eigenvalue weighted by Crippen LogP contribution is -2.43. The lowest BCUT2D eigenvalue weighted by molar-refractivity contribution is 0.0203. The summed E-state index contributed by atoms with van der Waals surface area (Å²) >= 11 is 0. The van der Waals surface area contributed by atoms with Gasteiger partial charge in [-0.2, -0.15) is 0 Å². The molecule has 0 aliphatic carbocycles. The molecule has 1 rings (SSSR count). The minimum absolute atomic E-state index is 0.270. The molecule has 23 heavy (non-hydrogen) atoms. The minimum Gasteiger partial charge on any atom is -0.444 e. The van der Waals surface area contributed by atoms with Crippen LogP contribution in [0.4, 0.5) is 4.79 Å². The average molecular weight is 329 g/mol. The second kappa shape index (κ2) is 10.1. The van der Waals surface area contributed by atoms with E-state index in [0.717, 1.165) is 19.6 Å². The van der Waals surface area contributed by atoms with E-state index in [1.165, 1.54) is 19.4 Å². The van der Waals surface area contributed by atoms with Crippen molar-refractivity contribution in [3.8, 4) is 0 Å². The SMILES string of the molecule is COCCN(CCNCC1CCCN(C)C1)C(=O)OC(C)(C)C. The van der Waals surface area contributed by atoms with E-state index >= 15 is 0 Å². The van der Waals surface area contributed by atoms with Crippen LogP contribution in [0.3, 0.4) is 0 Å². The maximum Gasteiger partial charge on any atom is 0.410 e. The van der Waals surface area contributed by atoms with Gasteiger partial charge in [-0.1, -0.05) is 0 Å². The molecule has 1 unspecified atom stereocenters. The number of carbonyl (C=O) groups is 1. The summed E-state index contributed by atoms with van der Waals surface area (Å²) in [4.78, 5) is 16.3. The predicted molar refractivity (Wildman–Crippen MR) is 92.8 cm³/mol. The van der Waals surface area contributed by atoms with E-state index in [2.05, 4.69) is 17.3 Å². The molecule has 1 fully saturated rings. The van der Waals surface area contributed by atoms with E-state index < -0.39 is 5.60 Å². The number of rotatable bonds is 8. The van der Waals surface area contributed by atoms with Gasteiger partial charge in [-0.15, -0.1) is 0 Å². The second-order valence-electron chi connectivity index (χ2n) is 7.43. The number of likely N-dealkylation sites (tertiary alicyclic amines) is 1. The van der Waals surface area contributed by atoms with E-state index in [1.807, 2.05) is 20.8 Å². The van der Waals surface area contributed by atoms with Gasteiger partial charge in [0.15, 0.2) is 0 Å².